The normalized spacial score (nSPS) is 12.0. The Balaban J connectivity index is 2.26. The second-order valence-electron chi connectivity index (χ2n) is 5.51. The lowest BCUT2D eigenvalue weighted by molar-refractivity contribution is -0.123. The first-order valence-corrected chi connectivity index (χ1v) is 8.18. The average Bonchev–Trinajstić information content (AvgIpc) is 2.53. The van der Waals surface area contributed by atoms with E-state index in [1.165, 1.54) is 24.8 Å². The van der Waals surface area contributed by atoms with Gasteiger partial charge >= 0.3 is 0 Å². The summed E-state index contributed by atoms with van der Waals surface area (Å²) >= 11 is 0. The van der Waals surface area contributed by atoms with Crippen LogP contribution in [0.1, 0.15) is 52.0 Å². The Labute approximate surface area is 129 Å². The lowest BCUT2D eigenvalue weighted by atomic mass is 9.99. The van der Waals surface area contributed by atoms with Crippen molar-refractivity contribution in [1.29, 1.82) is 0 Å². The second-order valence-corrected chi connectivity index (χ2v) is 5.51. The average molecular weight is 291 g/mol. The highest BCUT2D eigenvalue weighted by Gasteiger charge is 2.08. The topological polar surface area (TPSA) is 38.3 Å². The molecule has 0 aliphatic heterocycles. The largest absolute Gasteiger partial charge is 0.484 e. The fourth-order valence-corrected chi connectivity index (χ4v) is 2.22. The molecule has 118 valence electrons. The highest BCUT2D eigenvalue weighted by molar-refractivity contribution is 5.77. The predicted octanol–water partition coefficient (Wildman–Crippen LogP) is 3.96. The minimum Gasteiger partial charge on any atom is -0.484 e. The van der Waals surface area contributed by atoms with Crippen molar-refractivity contribution in [3.63, 3.8) is 0 Å². The van der Waals surface area contributed by atoms with Gasteiger partial charge in [0.1, 0.15) is 5.75 Å². The van der Waals surface area contributed by atoms with Gasteiger partial charge in [-0.25, -0.2) is 0 Å². The van der Waals surface area contributed by atoms with Gasteiger partial charge in [0.25, 0.3) is 5.91 Å². The maximum absolute atomic E-state index is 11.8. The lowest BCUT2D eigenvalue weighted by Gasteiger charge is -2.15. The zero-order valence-electron chi connectivity index (χ0n) is 13.7. The molecule has 0 spiro atoms. The van der Waals surface area contributed by atoms with Crippen LogP contribution in [-0.2, 0) is 11.2 Å². The van der Waals surface area contributed by atoms with Crippen molar-refractivity contribution >= 4 is 5.91 Å². The molecule has 0 fully saturated rings. The number of amides is 1. The molecule has 1 aromatic rings. The number of benzene rings is 1. The molecule has 0 radical (unpaired) electrons. The van der Waals surface area contributed by atoms with Gasteiger partial charge in [-0.3, -0.25) is 4.79 Å². The molecule has 1 N–H and O–H groups in total. The van der Waals surface area contributed by atoms with Gasteiger partial charge in [-0.1, -0.05) is 52.2 Å². The van der Waals surface area contributed by atoms with Crippen molar-refractivity contribution in [2.75, 3.05) is 13.2 Å². The zero-order chi connectivity index (χ0) is 15.5. The molecule has 1 aromatic carbocycles. The van der Waals surface area contributed by atoms with Crippen molar-refractivity contribution in [3.8, 4) is 5.75 Å². The first-order chi connectivity index (χ1) is 10.2. The summed E-state index contributed by atoms with van der Waals surface area (Å²) in [5, 5.41) is 2.97. The third-order valence-electron chi connectivity index (χ3n) is 3.83. The molecule has 0 heterocycles. The van der Waals surface area contributed by atoms with Crippen molar-refractivity contribution < 1.29 is 9.53 Å². The predicted molar refractivity (Wildman–Crippen MR) is 87.6 cm³/mol. The number of ether oxygens (including phenoxy) is 1. The molecular formula is C18H29NO2. The molecule has 0 bridgehead atoms. The van der Waals surface area contributed by atoms with Gasteiger partial charge in [0.2, 0.25) is 0 Å². The summed E-state index contributed by atoms with van der Waals surface area (Å²) in [6, 6.07) is 7.90. The molecular weight excluding hydrogens is 262 g/mol. The number of carbonyl (C=O) groups excluding carboxylic acids is 1. The van der Waals surface area contributed by atoms with Gasteiger partial charge in [0, 0.05) is 6.54 Å². The molecule has 1 rings (SSSR count). The minimum absolute atomic E-state index is 0.0375. The molecule has 1 atom stereocenters. The maximum Gasteiger partial charge on any atom is 0.257 e. The fraction of sp³-hybridized carbons (Fsp3) is 0.611. The number of hydrogen-bond acceptors (Lipinski definition) is 2. The first kappa shape index (κ1) is 17.5. The van der Waals surface area contributed by atoms with Gasteiger partial charge < -0.3 is 10.1 Å². The molecule has 3 nitrogen and oxygen atoms in total. The Bertz CT molecular complexity index is 400. The smallest absolute Gasteiger partial charge is 0.257 e. The van der Waals surface area contributed by atoms with E-state index in [1.54, 1.807) is 0 Å². The number of unbranched alkanes of at least 4 members (excludes halogenated alkanes) is 1. The summed E-state index contributed by atoms with van der Waals surface area (Å²) in [7, 11) is 0. The second kappa shape index (κ2) is 10.3. The van der Waals surface area contributed by atoms with Crippen LogP contribution in [0, 0.1) is 5.92 Å². The third-order valence-corrected chi connectivity index (χ3v) is 3.83. The Hall–Kier alpha value is -1.51. The van der Waals surface area contributed by atoms with Gasteiger partial charge in [0.05, 0.1) is 0 Å². The molecule has 0 saturated carbocycles. The zero-order valence-corrected chi connectivity index (χ0v) is 13.7. The van der Waals surface area contributed by atoms with Crippen LogP contribution in [0.15, 0.2) is 24.3 Å². The molecule has 0 saturated heterocycles. The minimum atomic E-state index is -0.0375. The summed E-state index contributed by atoms with van der Waals surface area (Å²) in [6.07, 6.45) is 5.75. The van der Waals surface area contributed by atoms with E-state index in [4.69, 9.17) is 4.74 Å². The van der Waals surface area contributed by atoms with E-state index in [9.17, 15) is 4.79 Å². The van der Waals surface area contributed by atoms with Crippen LogP contribution < -0.4 is 10.1 Å². The first-order valence-electron chi connectivity index (χ1n) is 8.18. The molecule has 0 aliphatic carbocycles. The van der Waals surface area contributed by atoms with Crippen LogP contribution in [0.3, 0.4) is 0 Å². The lowest BCUT2D eigenvalue weighted by Crippen LogP contribution is -2.33. The number of hydrogen-bond donors (Lipinski definition) is 1. The highest BCUT2D eigenvalue weighted by Crippen LogP contribution is 2.13. The molecule has 0 aromatic heterocycles. The monoisotopic (exact) mass is 291 g/mol. The SMILES string of the molecule is CCCC[C@H](CC)CNC(=O)COc1ccc(CC)cc1. The Morgan fingerprint density at radius 1 is 1.19 bits per heavy atom. The molecule has 0 aliphatic rings. The van der Waals surface area contributed by atoms with Crippen LogP contribution in [0.25, 0.3) is 0 Å². The number of rotatable bonds is 10. The van der Waals surface area contributed by atoms with Crippen LogP contribution in [0.5, 0.6) is 5.75 Å². The van der Waals surface area contributed by atoms with Crippen molar-refractivity contribution in [2.45, 2.75) is 52.9 Å². The molecule has 0 unspecified atom stereocenters. The van der Waals surface area contributed by atoms with Crippen molar-refractivity contribution in [2.24, 2.45) is 5.92 Å². The van der Waals surface area contributed by atoms with Crippen LogP contribution >= 0.6 is 0 Å². The summed E-state index contributed by atoms with van der Waals surface area (Å²) in [4.78, 5) is 11.8. The summed E-state index contributed by atoms with van der Waals surface area (Å²) < 4.78 is 5.50. The molecule has 1 amide bonds. The molecule has 3 heteroatoms. The Kier molecular flexibility index (Phi) is 8.56. The Morgan fingerprint density at radius 2 is 1.90 bits per heavy atom. The van der Waals surface area contributed by atoms with E-state index in [2.05, 4.69) is 26.1 Å². The molecule has 21 heavy (non-hydrogen) atoms. The standard InChI is InChI=1S/C18H29NO2/c1-4-7-8-16(6-3)13-19-18(20)14-21-17-11-9-15(5-2)10-12-17/h9-12,16H,4-8,13-14H2,1-3H3,(H,19,20)/t16-/m0/s1. The van der Waals surface area contributed by atoms with E-state index >= 15 is 0 Å². The van der Waals surface area contributed by atoms with Crippen molar-refractivity contribution in [1.82, 2.24) is 5.32 Å². The van der Waals surface area contributed by atoms with E-state index in [0.29, 0.717) is 5.92 Å². The number of carbonyl (C=O) groups is 1. The van der Waals surface area contributed by atoms with Gasteiger partial charge in [-0.15, -0.1) is 0 Å². The number of aryl methyl sites for hydroxylation is 1. The van der Waals surface area contributed by atoms with E-state index < -0.39 is 0 Å². The van der Waals surface area contributed by atoms with E-state index in [0.717, 1.165) is 25.1 Å². The van der Waals surface area contributed by atoms with Gasteiger partial charge in [-0.05, 0) is 36.5 Å². The van der Waals surface area contributed by atoms with Gasteiger partial charge in [0.15, 0.2) is 6.61 Å². The van der Waals surface area contributed by atoms with Crippen molar-refractivity contribution in [3.05, 3.63) is 29.8 Å². The maximum atomic E-state index is 11.8. The third kappa shape index (κ3) is 7.16. The highest BCUT2D eigenvalue weighted by atomic mass is 16.5. The summed E-state index contributed by atoms with van der Waals surface area (Å²) in [6.45, 7) is 7.34. The van der Waals surface area contributed by atoms with Crippen LogP contribution in [-0.4, -0.2) is 19.1 Å². The quantitative estimate of drug-likeness (QED) is 0.708. The summed E-state index contributed by atoms with van der Waals surface area (Å²) in [5.41, 5.74) is 1.27. The van der Waals surface area contributed by atoms with Gasteiger partial charge in [-0.2, -0.15) is 0 Å². The summed E-state index contributed by atoms with van der Waals surface area (Å²) in [5.74, 6) is 1.29. The Morgan fingerprint density at radius 3 is 2.48 bits per heavy atom. The fourth-order valence-electron chi connectivity index (χ4n) is 2.22. The number of nitrogens with one attached hydrogen (secondary N) is 1. The van der Waals surface area contributed by atoms with Crippen LogP contribution in [0.2, 0.25) is 0 Å². The van der Waals surface area contributed by atoms with E-state index in [1.807, 2.05) is 24.3 Å². The van der Waals surface area contributed by atoms with Crippen LogP contribution in [0.4, 0.5) is 0 Å². The van der Waals surface area contributed by atoms with E-state index in [-0.39, 0.29) is 12.5 Å².